The van der Waals surface area contributed by atoms with E-state index in [-0.39, 0.29) is 24.0 Å². The molecule has 0 amide bonds. The number of benzene rings is 1. The summed E-state index contributed by atoms with van der Waals surface area (Å²) in [5, 5.41) is 7.34. The highest BCUT2D eigenvalue weighted by atomic mass is 127. The lowest BCUT2D eigenvalue weighted by Crippen LogP contribution is -2.38. The van der Waals surface area contributed by atoms with Crippen LogP contribution in [-0.4, -0.2) is 24.0 Å². The lowest BCUT2D eigenvalue weighted by molar-refractivity contribution is 0.797. The second kappa shape index (κ2) is 11.3. The predicted molar refractivity (Wildman–Crippen MR) is 112 cm³/mol. The number of aryl methyl sites for hydroxylation is 1. The molecule has 0 aliphatic heterocycles. The summed E-state index contributed by atoms with van der Waals surface area (Å²) in [6, 6.07) is 11.9. The van der Waals surface area contributed by atoms with Crippen molar-refractivity contribution in [1.29, 1.82) is 0 Å². The molecule has 0 bridgehead atoms. The molecule has 6 heteroatoms. The molecule has 1 aromatic carbocycles. The van der Waals surface area contributed by atoms with Crippen molar-refractivity contribution in [2.45, 2.75) is 26.8 Å². The molecule has 2 aromatic rings. The Balaban J connectivity index is 0.00000288. The highest BCUT2D eigenvalue weighted by Crippen LogP contribution is 2.11. The molecule has 0 fully saturated rings. The predicted octanol–water partition coefficient (Wildman–Crippen LogP) is 3.96. The molecule has 0 radical (unpaired) electrons. The average Bonchev–Trinajstić information content (AvgIpc) is 2.54. The largest absolute Gasteiger partial charge is 0.357 e. The number of hydrogen-bond donors (Lipinski definition) is 2. The Morgan fingerprint density at radius 3 is 2.67 bits per heavy atom. The Labute approximate surface area is 166 Å². The van der Waals surface area contributed by atoms with Gasteiger partial charge in [0.25, 0.3) is 0 Å². The van der Waals surface area contributed by atoms with Crippen LogP contribution in [0.25, 0.3) is 0 Å². The van der Waals surface area contributed by atoms with Gasteiger partial charge in [0, 0.05) is 30.0 Å². The summed E-state index contributed by atoms with van der Waals surface area (Å²) in [6.07, 6.45) is 2.84. The number of hydrogen-bond acceptors (Lipinski definition) is 2. The van der Waals surface area contributed by atoms with E-state index in [0.29, 0.717) is 6.54 Å². The zero-order valence-electron chi connectivity index (χ0n) is 14.1. The first kappa shape index (κ1) is 20.7. The second-order valence-electron chi connectivity index (χ2n) is 5.31. The molecule has 0 unspecified atom stereocenters. The summed E-state index contributed by atoms with van der Waals surface area (Å²) in [6.45, 7) is 6.29. The van der Waals surface area contributed by atoms with Gasteiger partial charge in [-0.1, -0.05) is 29.8 Å². The van der Waals surface area contributed by atoms with Gasteiger partial charge >= 0.3 is 0 Å². The van der Waals surface area contributed by atoms with Gasteiger partial charge in [-0.15, -0.1) is 24.0 Å². The van der Waals surface area contributed by atoms with Crippen molar-refractivity contribution >= 4 is 41.5 Å². The van der Waals surface area contributed by atoms with Gasteiger partial charge in [0.05, 0.1) is 6.54 Å². The molecule has 0 atom stereocenters. The third-order valence-electron chi connectivity index (χ3n) is 3.33. The Morgan fingerprint density at radius 2 is 2.00 bits per heavy atom. The lowest BCUT2D eigenvalue weighted by atomic mass is 10.2. The second-order valence-corrected chi connectivity index (χ2v) is 5.75. The molecule has 0 aliphatic carbocycles. The maximum atomic E-state index is 6.00. The fourth-order valence-electron chi connectivity index (χ4n) is 2.12. The SMILES string of the molecule is CCNC(=NCc1cccc(Cl)c1)NCCc1ccc(C)nc1.I. The van der Waals surface area contributed by atoms with Crippen LogP contribution in [0.2, 0.25) is 5.02 Å². The van der Waals surface area contributed by atoms with Crippen LogP contribution in [0.4, 0.5) is 0 Å². The number of guanidine groups is 1. The molecule has 0 saturated carbocycles. The summed E-state index contributed by atoms with van der Waals surface area (Å²) in [5.74, 6) is 0.813. The maximum absolute atomic E-state index is 6.00. The van der Waals surface area contributed by atoms with Gasteiger partial charge in [-0.3, -0.25) is 4.98 Å². The quantitative estimate of drug-likeness (QED) is 0.391. The fraction of sp³-hybridized carbons (Fsp3) is 0.333. The Kier molecular flexibility index (Phi) is 9.71. The molecule has 24 heavy (non-hydrogen) atoms. The normalized spacial score (nSPS) is 10.9. The Bertz CT molecular complexity index is 644. The van der Waals surface area contributed by atoms with Crippen molar-refractivity contribution in [2.75, 3.05) is 13.1 Å². The minimum Gasteiger partial charge on any atom is -0.357 e. The van der Waals surface area contributed by atoms with E-state index in [4.69, 9.17) is 11.6 Å². The Morgan fingerprint density at radius 1 is 1.17 bits per heavy atom. The van der Waals surface area contributed by atoms with E-state index < -0.39 is 0 Å². The van der Waals surface area contributed by atoms with E-state index >= 15 is 0 Å². The van der Waals surface area contributed by atoms with E-state index in [1.807, 2.05) is 43.5 Å². The van der Waals surface area contributed by atoms with Gasteiger partial charge in [-0.25, -0.2) is 4.99 Å². The van der Waals surface area contributed by atoms with Crippen molar-refractivity contribution in [3.05, 3.63) is 64.4 Å². The summed E-state index contributed by atoms with van der Waals surface area (Å²) in [4.78, 5) is 8.90. The zero-order valence-corrected chi connectivity index (χ0v) is 17.1. The van der Waals surface area contributed by atoms with Gasteiger partial charge in [0.15, 0.2) is 5.96 Å². The molecule has 0 spiro atoms. The van der Waals surface area contributed by atoms with Gasteiger partial charge < -0.3 is 10.6 Å². The zero-order chi connectivity index (χ0) is 16.5. The van der Waals surface area contributed by atoms with Crippen LogP contribution in [0.5, 0.6) is 0 Å². The van der Waals surface area contributed by atoms with E-state index in [0.717, 1.165) is 41.7 Å². The highest BCUT2D eigenvalue weighted by Gasteiger charge is 1.99. The van der Waals surface area contributed by atoms with Gasteiger partial charge in [-0.2, -0.15) is 0 Å². The molecular weight excluding hydrogens is 435 g/mol. The first-order valence-electron chi connectivity index (χ1n) is 7.85. The number of aromatic nitrogens is 1. The Hall–Kier alpha value is -1.34. The van der Waals surface area contributed by atoms with Crippen LogP contribution in [-0.2, 0) is 13.0 Å². The average molecular weight is 459 g/mol. The van der Waals surface area contributed by atoms with Crippen LogP contribution in [0, 0.1) is 6.92 Å². The molecular formula is C18H24ClIN4. The first-order valence-corrected chi connectivity index (χ1v) is 8.23. The maximum Gasteiger partial charge on any atom is 0.191 e. The van der Waals surface area contributed by atoms with Crippen molar-refractivity contribution in [3.8, 4) is 0 Å². The number of rotatable bonds is 6. The standard InChI is InChI=1S/C18H23ClN4.HI/c1-3-20-18(23-13-16-5-4-6-17(19)11-16)21-10-9-15-8-7-14(2)22-12-15;/h4-8,11-12H,3,9-10,13H2,1-2H3,(H2,20,21,23);1H. The topological polar surface area (TPSA) is 49.3 Å². The van der Waals surface area contributed by atoms with E-state index in [2.05, 4.69) is 33.6 Å². The van der Waals surface area contributed by atoms with Gasteiger partial charge in [0.1, 0.15) is 0 Å². The number of nitrogens with one attached hydrogen (secondary N) is 2. The van der Waals surface area contributed by atoms with Crippen LogP contribution < -0.4 is 10.6 Å². The molecule has 0 saturated heterocycles. The van der Waals surface area contributed by atoms with E-state index in [1.165, 1.54) is 5.56 Å². The number of halogens is 2. The van der Waals surface area contributed by atoms with Crippen molar-refractivity contribution in [2.24, 2.45) is 4.99 Å². The first-order chi connectivity index (χ1) is 11.2. The molecule has 2 rings (SSSR count). The molecule has 1 heterocycles. The smallest absolute Gasteiger partial charge is 0.191 e. The van der Waals surface area contributed by atoms with Crippen molar-refractivity contribution < 1.29 is 0 Å². The monoisotopic (exact) mass is 458 g/mol. The van der Waals surface area contributed by atoms with Crippen LogP contribution in [0.15, 0.2) is 47.6 Å². The summed E-state index contributed by atoms with van der Waals surface area (Å²) >= 11 is 6.00. The lowest BCUT2D eigenvalue weighted by Gasteiger charge is -2.11. The number of pyridine rings is 1. The summed E-state index contributed by atoms with van der Waals surface area (Å²) < 4.78 is 0. The number of nitrogens with zero attached hydrogens (tertiary/aromatic N) is 2. The molecule has 0 aliphatic rings. The number of aliphatic imine (C=N–C) groups is 1. The fourth-order valence-corrected chi connectivity index (χ4v) is 2.33. The third-order valence-corrected chi connectivity index (χ3v) is 3.57. The molecule has 130 valence electrons. The molecule has 4 nitrogen and oxygen atoms in total. The third kappa shape index (κ3) is 7.49. The minimum absolute atomic E-state index is 0. The van der Waals surface area contributed by atoms with Crippen LogP contribution >= 0.6 is 35.6 Å². The van der Waals surface area contributed by atoms with Crippen molar-refractivity contribution in [3.63, 3.8) is 0 Å². The van der Waals surface area contributed by atoms with E-state index in [1.54, 1.807) is 0 Å². The van der Waals surface area contributed by atoms with Gasteiger partial charge in [0.2, 0.25) is 0 Å². The van der Waals surface area contributed by atoms with Crippen LogP contribution in [0.1, 0.15) is 23.7 Å². The summed E-state index contributed by atoms with van der Waals surface area (Å²) in [7, 11) is 0. The molecule has 1 aromatic heterocycles. The molecule has 2 N–H and O–H groups in total. The minimum atomic E-state index is 0. The van der Waals surface area contributed by atoms with Gasteiger partial charge in [-0.05, 0) is 49.6 Å². The summed E-state index contributed by atoms with van der Waals surface area (Å²) in [5.41, 5.74) is 3.35. The van der Waals surface area contributed by atoms with Crippen LogP contribution in [0.3, 0.4) is 0 Å². The highest BCUT2D eigenvalue weighted by molar-refractivity contribution is 14.0. The van der Waals surface area contributed by atoms with Crippen molar-refractivity contribution in [1.82, 2.24) is 15.6 Å². The van der Waals surface area contributed by atoms with E-state index in [9.17, 15) is 0 Å².